The molecule has 1 atom stereocenters. The van der Waals surface area contributed by atoms with Crippen molar-refractivity contribution < 1.29 is 4.79 Å². The Bertz CT molecular complexity index is 795. The van der Waals surface area contributed by atoms with E-state index in [0.717, 1.165) is 10.1 Å². The summed E-state index contributed by atoms with van der Waals surface area (Å²) in [5.74, 6) is -0.367. The first-order chi connectivity index (χ1) is 11.5. The van der Waals surface area contributed by atoms with Crippen molar-refractivity contribution >= 4 is 5.91 Å². The Morgan fingerprint density at radius 1 is 1.17 bits per heavy atom. The summed E-state index contributed by atoms with van der Waals surface area (Å²) in [4.78, 5) is 36.3. The molecule has 0 aliphatic rings. The molecule has 2 aromatic rings. The average molecular weight is 330 g/mol. The van der Waals surface area contributed by atoms with Gasteiger partial charge in [0.25, 0.3) is 5.56 Å². The van der Waals surface area contributed by atoms with Crippen molar-refractivity contribution in [3.63, 3.8) is 0 Å². The zero-order chi connectivity index (χ0) is 17.5. The molecular weight excluding hydrogens is 308 g/mol. The maximum atomic E-state index is 12.5. The van der Waals surface area contributed by atoms with Gasteiger partial charge < -0.3 is 10.6 Å². The molecule has 0 aliphatic heterocycles. The van der Waals surface area contributed by atoms with Crippen LogP contribution >= 0.6 is 0 Å². The molecule has 1 amide bonds. The van der Waals surface area contributed by atoms with E-state index in [4.69, 9.17) is 0 Å². The fourth-order valence-corrected chi connectivity index (χ4v) is 2.17. The molecule has 0 radical (unpaired) electrons. The molecule has 1 aromatic carbocycles. The molecule has 7 heteroatoms. The molecule has 0 saturated carbocycles. The number of carbonyl (C=O) groups is 1. The van der Waals surface area contributed by atoms with Gasteiger partial charge in [-0.1, -0.05) is 30.3 Å². The monoisotopic (exact) mass is 330 g/mol. The number of nitrogens with zero attached hydrogens (tertiary/aromatic N) is 2. The van der Waals surface area contributed by atoms with Crippen molar-refractivity contribution in [2.75, 3.05) is 13.6 Å². The van der Waals surface area contributed by atoms with Crippen LogP contribution in [0.3, 0.4) is 0 Å². The third kappa shape index (κ3) is 4.66. The van der Waals surface area contributed by atoms with Crippen LogP contribution in [-0.4, -0.2) is 34.7 Å². The third-order valence-electron chi connectivity index (χ3n) is 3.74. The van der Waals surface area contributed by atoms with Crippen molar-refractivity contribution in [2.45, 2.75) is 26.1 Å². The van der Waals surface area contributed by atoms with Gasteiger partial charge in [0, 0.05) is 24.8 Å². The summed E-state index contributed by atoms with van der Waals surface area (Å²) in [5.41, 5.74) is -0.0404. The van der Waals surface area contributed by atoms with Gasteiger partial charge in [-0.3, -0.25) is 18.7 Å². The van der Waals surface area contributed by atoms with Crippen molar-refractivity contribution in [1.82, 2.24) is 19.8 Å². The highest BCUT2D eigenvalue weighted by atomic mass is 16.2. The summed E-state index contributed by atoms with van der Waals surface area (Å²) in [6.07, 6.45) is 1.45. The molecule has 0 saturated heterocycles. The highest BCUT2D eigenvalue weighted by molar-refractivity contribution is 5.75. The van der Waals surface area contributed by atoms with Gasteiger partial charge in [-0.25, -0.2) is 4.79 Å². The molecule has 128 valence electrons. The third-order valence-corrected chi connectivity index (χ3v) is 3.74. The lowest BCUT2D eigenvalue weighted by Gasteiger charge is -2.13. The molecule has 1 unspecified atom stereocenters. The summed E-state index contributed by atoms with van der Waals surface area (Å²) in [6.45, 7) is 2.40. The van der Waals surface area contributed by atoms with Crippen LogP contribution in [0.4, 0.5) is 0 Å². The Balaban J connectivity index is 2.15. The Morgan fingerprint density at radius 2 is 1.88 bits per heavy atom. The van der Waals surface area contributed by atoms with Crippen LogP contribution < -0.4 is 21.9 Å². The molecule has 0 bridgehead atoms. The van der Waals surface area contributed by atoms with Crippen LogP contribution in [0.1, 0.15) is 12.5 Å². The van der Waals surface area contributed by atoms with Gasteiger partial charge in [-0.05, 0) is 19.5 Å². The van der Waals surface area contributed by atoms with Crippen LogP contribution in [0, 0.1) is 0 Å². The lowest BCUT2D eigenvalue weighted by atomic mass is 10.2. The number of likely N-dealkylation sites (N-methyl/N-ethyl adjacent to an activating group) is 1. The van der Waals surface area contributed by atoms with Crippen LogP contribution in [0.15, 0.2) is 52.2 Å². The normalized spacial score (nSPS) is 11.9. The second-order valence-electron chi connectivity index (χ2n) is 5.63. The van der Waals surface area contributed by atoms with Crippen LogP contribution in [0.2, 0.25) is 0 Å². The second kappa shape index (κ2) is 8.26. The largest absolute Gasteiger partial charge is 0.353 e. The SMILES string of the molecule is CNC(C)CNC(=O)Cn1c(=O)ccn(Cc2ccccc2)c1=O. The molecule has 24 heavy (non-hydrogen) atoms. The van der Waals surface area contributed by atoms with Crippen LogP contribution in [-0.2, 0) is 17.9 Å². The van der Waals surface area contributed by atoms with Crippen LogP contribution in [0.25, 0.3) is 0 Å². The van der Waals surface area contributed by atoms with Crippen molar-refractivity contribution in [1.29, 1.82) is 0 Å². The highest BCUT2D eigenvalue weighted by Gasteiger charge is 2.11. The fourth-order valence-electron chi connectivity index (χ4n) is 2.17. The predicted octanol–water partition coefficient (Wildman–Crippen LogP) is -0.218. The predicted molar refractivity (Wildman–Crippen MR) is 92.0 cm³/mol. The zero-order valence-corrected chi connectivity index (χ0v) is 13.9. The standard InChI is InChI=1S/C17H22N4O3/c1-13(18-2)10-19-15(22)12-21-16(23)8-9-20(17(21)24)11-14-6-4-3-5-7-14/h3-9,13,18H,10-12H2,1-2H3,(H,19,22). The van der Waals surface area contributed by atoms with Crippen LogP contribution in [0.5, 0.6) is 0 Å². The maximum Gasteiger partial charge on any atom is 0.331 e. The number of hydrogen-bond donors (Lipinski definition) is 2. The number of rotatable bonds is 7. The van der Waals surface area contributed by atoms with E-state index in [1.165, 1.54) is 16.8 Å². The van der Waals surface area contributed by atoms with E-state index in [1.807, 2.05) is 37.3 Å². The molecular formula is C17H22N4O3. The number of hydrogen-bond acceptors (Lipinski definition) is 4. The molecule has 0 aliphatic carbocycles. The Labute approximate surface area is 139 Å². The number of benzene rings is 1. The molecule has 0 spiro atoms. The lowest BCUT2D eigenvalue weighted by molar-refractivity contribution is -0.121. The first kappa shape index (κ1) is 17.7. The molecule has 2 rings (SSSR count). The smallest absolute Gasteiger partial charge is 0.331 e. The van der Waals surface area contributed by atoms with E-state index in [0.29, 0.717) is 13.1 Å². The topological polar surface area (TPSA) is 85.1 Å². The van der Waals surface area contributed by atoms with Gasteiger partial charge >= 0.3 is 5.69 Å². The molecule has 7 nitrogen and oxygen atoms in total. The molecule has 1 heterocycles. The summed E-state index contributed by atoms with van der Waals surface area (Å²) in [5, 5.41) is 5.69. The van der Waals surface area contributed by atoms with Gasteiger partial charge in [-0.2, -0.15) is 0 Å². The minimum Gasteiger partial charge on any atom is -0.353 e. The summed E-state index contributed by atoms with van der Waals surface area (Å²) < 4.78 is 2.36. The lowest BCUT2D eigenvalue weighted by Crippen LogP contribution is -2.45. The molecule has 1 aromatic heterocycles. The Morgan fingerprint density at radius 3 is 2.54 bits per heavy atom. The molecule has 0 fully saturated rings. The minimum atomic E-state index is -0.497. The summed E-state index contributed by atoms with van der Waals surface area (Å²) >= 11 is 0. The first-order valence-corrected chi connectivity index (χ1v) is 7.79. The van der Waals surface area contributed by atoms with E-state index in [2.05, 4.69) is 10.6 Å². The van der Waals surface area contributed by atoms with E-state index in [9.17, 15) is 14.4 Å². The van der Waals surface area contributed by atoms with Crippen molar-refractivity contribution in [3.8, 4) is 0 Å². The maximum absolute atomic E-state index is 12.5. The summed E-state index contributed by atoms with van der Waals surface area (Å²) in [7, 11) is 1.79. The first-order valence-electron chi connectivity index (χ1n) is 7.79. The van der Waals surface area contributed by atoms with E-state index in [-0.39, 0.29) is 18.5 Å². The Hall–Kier alpha value is -2.67. The fraction of sp³-hybridized carbons (Fsp3) is 0.353. The van der Waals surface area contributed by atoms with E-state index in [1.54, 1.807) is 7.05 Å². The number of aromatic nitrogens is 2. The summed E-state index contributed by atoms with van der Waals surface area (Å²) in [6, 6.07) is 10.9. The van der Waals surface area contributed by atoms with Crippen molar-refractivity contribution in [3.05, 3.63) is 69.0 Å². The highest BCUT2D eigenvalue weighted by Crippen LogP contribution is 1.99. The van der Waals surface area contributed by atoms with Crippen molar-refractivity contribution in [2.24, 2.45) is 0 Å². The van der Waals surface area contributed by atoms with Gasteiger partial charge in [-0.15, -0.1) is 0 Å². The van der Waals surface area contributed by atoms with E-state index < -0.39 is 11.2 Å². The molecule has 2 N–H and O–H groups in total. The van der Waals surface area contributed by atoms with Gasteiger partial charge in [0.1, 0.15) is 6.54 Å². The Kier molecular flexibility index (Phi) is 6.08. The van der Waals surface area contributed by atoms with Gasteiger partial charge in [0.05, 0.1) is 6.54 Å². The number of amides is 1. The zero-order valence-electron chi connectivity index (χ0n) is 13.9. The number of nitrogens with one attached hydrogen (secondary N) is 2. The number of carbonyl (C=O) groups excluding carboxylic acids is 1. The van der Waals surface area contributed by atoms with Gasteiger partial charge in [0.2, 0.25) is 5.91 Å². The minimum absolute atomic E-state index is 0.108. The quantitative estimate of drug-likeness (QED) is 0.735. The van der Waals surface area contributed by atoms with Gasteiger partial charge in [0.15, 0.2) is 0 Å². The second-order valence-corrected chi connectivity index (χ2v) is 5.63. The average Bonchev–Trinajstić information content (AvgIpc) is 2.60. The van der Waals surface area contributed by atoms with E-state index >= 15 is 0 Å².